The van der Waals surface area contributed by atoms with Crippen LogP contribution < -0.4 is 16.0 Å². The smallest absolute Gasteiger partial charge is 0.217 e. The van der Waals surface area contributed by atoms with E-state index in [2.05, 4.69) is 16.0 Å². The quantitative estimate of drug-likeness (QED) is 0.0479. The molecule has 8 heterocycles. The van der Waals surface area contributed by atoms with Gasteiger partial charge in [-0.3, -0.25) is 14.4 Å². The largest absolute Gasteiger partial charge is 0.394 e. The van der Waals surface area contributed by atoms with Gasteiger partial charge < -0.3 is 189 Å². The van der Waals surface area contributed by atoms with Crippen molar-refractivity contribution in [1.29, 1.82) is 0 Å². The van der Waals surface area contributed by atoms with Gasteiger partial charge in [-0.25, -0.2) is 0 Å². The summed E-state index contributed by atoms with van der Waals surface area (Å²) < 4.78 is 90.1. The zero-order chi connectivity index (χ0) is 70.1. The number of hydrogen-bond acceptors (Lipinski definition) is 38. The van der Waals surface area contributed by atoms with Gasteiger partial charge in [-0.05, 0) is 20.8 Å². The molecule has 0 aliphatic carbocycles. The van der Waals surface area contributed by atoms with E-state index >= 15 is 0 Å². The molecule has 8 aliphatic heterocycles. The van der Waals surface area contributed by atoms with Crippen LogP contribution in [0.5, 0.6) is 0 Å². The first kappa shape index (κ1) is 77.7. The summed E-state index contributed by atoms with van der Waals surface area (Å²) in [6.07, 6.45) is -71.4. The van der Waals surface area contributed by atoms with Crippen molar-refractivity contribution in [3.63, 3.8) is 0 Å². The Morgan fingerprint density at radius 2 is 0.653 bits per heavy atom. The standard InChI is InChI=1S/C54H91N3O38/c1-12-26(65)34(73)38(77)50(82-12)90-41-21(10-61)89-48(25(57-17(6)64)43(41)92-49-23(55-15(4)62)33(72)29(68)18(7-58)86-49)81-11-22-32(71)42(24(47(80)85-22)56-16(5)63)91-54-46(95-52-40(79)36(75)28(67)14(3)84-52)44(31(70)20(9-60)88-54)93-53-45(37(76)30(69)19(8-59)87-53)94-51-39(78)35(74)27(66)13(2)83-51/h12-14,18-54,58-61,65-80H,7-11H2,1-6H3,(H,55,62)(H,56,63)(H,57,64)/t12-,13-,14-,18+,19+,20+,21+,22+,23+,24+,25+,26+,27+,28+,29+,30-,31-,32-,33+,34+,35+,36+,37-,38-,39-,40+,41+,42+,43+,44-,45+,46+,47?,48+,49-,50-,51-,52-,53-,54-/m0/s1. The Balaban J connectivity index is 1.14. The van der Waals surface area contributed by atoms with Gasteiger partial charge in [-0.15, -0.1) is 0 Å². The van der Waals surface area contributed by atoms with E-state index < -0.39 is 296 Å². The SMILES string of the molecule is CC(=O)N[C@H]1[C@H](O[C@@H]2[C@@H](NC(C)=O)[C@H](OC[C@H]3OC(O)[C@H](NC(C)=O)[C@@H](O[C@@H]4O[C@H](CO)[C@H](O)[C@H](O[C@@H]5O[C@H](CO)[C@H](O)[C@H](O)[C@H]5O[C@@H]5O[C@@H](C)[C@@H](O)[C@@H](O)[C@@H]5O)[C@H]4O[C@@H]4O[C@@H](C)[C@@H](O)[C@@H](O)[C@H]4O)[C@H]3O)O[C@H](CO)[C@H]2O[C@@H]2O[C@@H](C)[C@@H](O)[C@@H](O)[C@@H]2O)O[C@H](CO)[C@@H](O)[C@@H]1O. The molecule has 0 aromatic rings. The molecule has 41 nitrogen and oxygen atoms in total. The van der Waals surface area contributed by atoms with Crippen LogP contribution in [0.4, 0.5) is 0 Å². The molecule has 3 amide bonds. The first-order valence-electron chi connectivity index (χ1n) is 30.7. The fraction of sp³-hybridized carbons (Fsp3) is 0.944. The molecule has 0 saturated carbocycles. The zero-order valence-electron chi connectivity index (χ0n) is 51.9. The van der Waals surface area contributed by atoms with Gasteiger partial charge in [-0.1, -0.05) is 0 Å². The Kier molecular flexibility index (Phi) is 27.2. The second-order valence-corrected chi connectivity index (χ2v) is 24.6. The van der Waals surface area contributed by atoms with Gasteiger partial charge in [0.25, 0.3) is 0 Å². The number of nitrogens with one attached hydrogen (secondary N) is 3. The average molecular weight is 1390 g/mol. The van der Waals surface area contributed by atoms with E-state index in [9.17, 15) is 117 Å². The maximum absolute atomic E-state index is 13.3. The molecule has 1 unspecified atom stereocenters. The lowest BCUT2D eigenvalue weighted by molar-refractivity contribution is -0.410. The lowest BCUT2D eigenvalue weighted by Gasteiger charge is -2.51. The second-order valence-electron chi connectivity index (χ2n) is 24.6. The molecule has 41 heteroatoms. The van der Waals surface area contributed by atoms with Crippen molar-refractivity contribution in [2.45, 2.75) is 287 Å². The topological polar surface area (TPSA) is 630 Å². The summed E-state index contributed by atoms with van der Waals surface area (Å²) in [4.78, 5) is 38.8. The summed E-state index contributed by atoms with van der Waals surface area (Å²) in [7, 11) is 0. The first-order valence-corrected chi connectivity index (χ1v) is 30.7. The van der Waals surface area contributed by atoms with Crippen molar-refractivity contribution in [3.05, 3.63) is 0 Å². The molecule has 8 fully saturated rings. The molecule has 95 heavy (non-hydrogen) atoms. The van der Waals surface area contributed by atoms with Crippen LogP contribution in [-0.2, 0) is 85.4 Å². The molecule has 8 aliphatic rings. The van der Waals surface area contributed by atoms with Crippen molar-refractivity contribution < 1.29 is 188 Å². The highest BCUT2D eigenvalue weighted by Crippen LogP contribution is 2.40. The number of carbonyl (C=O) groups excluding carboxylic acids is 3. The van der Waals surface area contributed by atoms with Crippen molar-refractivity contribution in [2.75, 3.05) is 33.0 Å². The lowest BCUT2D eigenvalue weighted by atomic mass is 9.93. The third kappa shape index (κ3) is 17.0. The van der Waals surface area contributed by atoms with Gasteiger partial charge in [-0.2, -0.15) is 0 Å². The number of ether oxygens (including phenoxy) is 15. The maximum atomic E-state index is 13.3. The van der Waals surface area contributed by atoms with Gasteiger partial charge in [0.2, 0.25) is 17.7 Å². The summed E-state index contributed by atoms with van der Waals surface area (Å²) in [5.74, 6) is -2.61. The Morgan fingerprint density at radius 3 is 1.13 bits per heavy atom. The van der Waals surface area contributed by atoms with Gasteiger partial charge in [0.15, 0.2) is 50.3 Å². The monoisotopic (exact) mass is 1390 g/mol. The Hall–Kier alpha value is -2.99. The molecule has 8 rings (SSSR count). The van der Waals surface area contributed by atoms with Crippen molar-refractivity contribution in [1.82, 2.24) is 16.0 Å². The molecule has 0 aromatic carbocycles. The molecular weight excluding hydrogens is 1300 g/mol. The minimum atomic E-state index is -2.29. The molecule has 550 valence electrons. The van der Waals surface area contributed by atoms with Crippen LogP contribution in [0.3, 0.4) is 0 Å². The predicted octanol–water partition coefficient (Wildman–Crippen LogP) is -14.9. The number of amides is 3. The molecule has 40 atom stereocenters. The molecule has 8 saturated heterocycles. The van der Waals surface area contributed by atoms with Crippen molar-refractivity contribution >= 4 is 17.7 Å². The van der Waals surface area contributed by atoms with E-state index in [1.165, 1.54) is 20.8 Å². The average Bonchev–Trinajstić information content (AvgIpc) is 0.770. The second kappa shape index (κ2) is 33.2. The fourth-order valence-electron chi connectivity index (χ4n) is 12.4. The minimum Gasteiger partial charge on any atom is -0.394 e. The van der Waals surface area contributed by atoms with E-state index in [0.29, 0.717) is 0 Å². The summed E-state index contributed by atoms with van der Waals surface area (Å²) >= 11 is 0. The maximum Gasteiger partial charge on any atom is 0.217 e. The summed E-state index contributed by atoms with van der Waals surface area (Å²) in [6, 6.07) is -5.40. The van der Waals surface area contributed by atoms with Crippen LogP contribution in [0.25, 0.3) is 0 Å². The minimum absolute atomic E-state index is 0.810. The van der Waals surface area contributed by atoms with Gasteiger partial charge in [0.1, 0.15) is 177 Å². The predicted molar refractivity (Wildman–Crippen MR) is 295 cm³/mol. The molecule has 23 N–H and O–H groups in total. The normalized spacial score (nSPS) is 50.7. The summed E-state index contributed by atoms with van der Waals surface area (Å²) in [6.45, 7) is 1.61. The van der Waals surface area contributed by atoms with Crippen LogP contribution in [0, 0.1) is 0 Å². The number of carbonyl (C=O) groups is 3. The van der Waals surface area contributed by atoms with Crippen LogP contribution >= 0.6 is 0 Å². The molecule has 0 spiro atoms. The highest BCUT2D eigenvalue weighted by molar-refractivity contribution is 5.74. The third-order valence-electron chi connectivity index (χ3n) is 17.7. The Labute approximate surface area is 540 Å². The molecule has 0 aromatic heterocycles. The highest BCUT2D eigenvalue weighted by atomic mass is 16.8. The molecule has 0 bridgehead atoms. The molecule has 0 radical (unpaired) electrons. The van der Waals surface area contributed by atoms with Crippen LogP contribution in [0.1, 0.15) is 41.5 Å². The zero-order valence-corrected chi connectivity index (χ0v) is 51.9. The van der Waals surface area contributed by atoms with E-state index in [4.69, 9.17) is 71.1 Å². The van der Waals surface area contributed by atoms with Crippen molar-refractivity contribution in [3.8, 4) is 0 Å². The number of rotatable bonds is 22. The van der Waals surface area contributed by atoms with E-state index in [0.717, 1.165) is 20.8 Å². The fourth-order valence-corrected chi connectivity index (χ4v) is 12.4. The Bertz CT molecular complexity index is 2460. The first-order chi connectivity index (χ1) is 44.8. The third-order valence-corrected chi connectivity index (χ3v) is 17.7. The van der Waals surface area contributed by atoms with Gasteiger partial charge in [0.05, 0.1) is 51.3 Å². The molecular formula is C54H91N3O38. The number of aliphatic hydroxyl groups is 20. The van der Waals surface area contributed by atoms with Crippen LogP contribution in [0.2, 0.25) is 0 Å². The van der Waals surface area contributed by atoms with E-state index in [1.54, 1.807) is 0 Å². The number of aliphatic hydroxyl groups excluding tert-OH is 20. The van der Waals surface area contributed by atoms with Crippen molar-refractivity contribution in [2.24, 2.45) is 0 Å². The van der Waals surface area contributed by atoms with Gasteiger partial charge in [0, 0.05) is 20.8 Å². The van der Waals surface area contributed by atoms with Crippen LogP contribution in [-0.4, -0.2) is 398 Å². The van der Waals surface area contributed by atoms with Gasteiger partial charge >= 0.3 is 0 Å². The summed E-state index contributed by atoms with van der Waals surface area (Å²) in [5.41, 5.74) is 0. The Morgan fingerprint density at radius 1 is 0.295 bits per heavy atom. The number of hydrogen-bond donors (Lipinski definition) is 23. The van der Waals surface area contributed by atoms with Crippen LogP contribution in [0.15, 0.2) is 0 Å². The van der Waals surface area contributed by atoms with E-state index in [-0.39, 0.29) is 0 Å². The van der Waals surface area contributed by atoms with E-state index in [1.807, 2.05) is 0 Å². The summed E-state index contributed by atoms with van der Waals surface area (Å²) in [5, 5.41) is 228. The lowest BCUT2D eigenvalue weighted by Crippen LogP contribution is -2.71. The highest BCUT2D eigenvalue weighted by Gasteiger charge is 2.60.